The molecule has 0 bridgehead atoms. The van der Waals surface area contributed by atoms with E-state index in [2.05, 4.69) is 33.2 Å². The van der Waals surface area contributed by atoms with E-state index < -0.39 is 0 Å². The predicted molar refractivity (Wildman–Crippen MR) is 99.4 cm³/mol. The number of benzene rings is 2. The standard InChI is InChI=1S/C16H14ClIN2O3/c1-9(21)19-11-4-6-15(23-2)14(8-11)20-16(22)12-7-10(17)3-5-13(12)18/h3-8H,1-2H3,(H,19,21)(H,20,22). The number of rotatable bonds is 4. The molecule has 23 heavy (non-hydrogen) atoms. The van der Waals surface area contributed by atoms with E-state index in [1.54, 1.807) is 36.4 Å². The van der Waals surface area contributed by atoms with Gasteiger partial charge in [0.15, 0.2) is 0 Å². The van der Waals surface area contributed by atoms with Gasteiger partial charge in [-0.3, -0.25) is 9.59 Å². The summed E-state index contributed by atoms with van der Waals surface area (Å²) >= 11 is 8.02. The van der Waals surface area contributed by atoms with Crippen molar-refractivity contribution in [2.45, 2.75) is 6.92 Å². The molecule has 2 rings (SSSR count). The summed E-state index contributed by atoms with van der Waals surface area (Å²) in [5.41, 5.74) is 1.49. The number of carbonyl (C=O) groups excluding carboxylic acids is 2. The summed E-state index contributed by atoms with van der Waals surface area (Å²) in [4.78, 5) is 23.6. The van der Waals surface area contributed by atoms with Gasteiger partial charge in [0.1, 0.15) is 5.75 Å². The molecule has 2 aromatic rings. The lowest BCUT2D eigenvalue weighted by atomic mass is 10.2. The number of amides is 2. The molecule has 2 aromatic carbocycles. The Bertz CT molecular complexity index is 765. The average molecular weight is 445 g/mol. The summed E-state index contributed by atoms with van der Waals surface area (Å²) < 4.78 is 6.02. The first kappa shape index (κ1) is 17.6. The van der Waals surface area contributed by atoms with Crippen LogP contribution in [0.2, 0.25) is 5.02 Å². The molecule has 0 heterocycles. The van der Waals surface area contributed by atoms with Gasteiger partial charge in [-0.2, -0.15) is 0 Å². The molecule has 0 saturated heterocycles. The lowest BCUT2D eigenvalue weighted by molar-refractivity contribution is -0.114. The van der Waals surface area contributed by atoms with Crippen molar-refractivity contribution in [3.63, 3.8) is 0 Å². The quantitative estimate of drug-likeness (QED) is 0.696. The Morgan fingerprint density at radius 3 is 2.52 bits per heavy atom. The molecule has 5 nitrogen and oxygen atoms in total. The van der Waals surface area contributed by atoms with Gasteiger partial charge in [-0.05, 0) is 59.0 Å². The van der Waals surface area contributed by atoms with Crippen LogP contribution in [0.15, 0.2) is 36.4 Å². The van der Waals surface area contributed by atoms with Crippen LogP contribution >= 0.6 is 34.2 Å². The second kappa shape index (κ2) is 7.65. The van der Waals surface area contributed by atoms with Crippen LogP contribution in [-0.4, -0.2) is 18.9 Å². The number of ether oxygens (including phenoxy) is 1. The largest absolute Gasteiger partial charge is 0.495 e. The van der Waals surface area contributed by atoms with Gasteiger partial charge < -0.3 is 15.4 Å². The number of nitrogens with one attached hydrogen (secondary N) is 2. The molecule has 0 fully saturated rings. The molecule has 120 valence electrons. The van der Waals surface area contributed by atoms with E-state index in [-0.39, 0.29) is 11.8 Å². The topological polar surface area (TPSA) is 67.4 Å². The van der Waals surface area contributed by atoms with Gasteiger partial charge in [-0.25, -0.2) is 0 Å². The van der Waals surface area contributed by atoms with Gasteiger partial charge >= 0.3 is 0 Å². The minimum atomic E-state index is -0.310. The second-order valence-corrected chi connectivity index (χ2v) is 6.27. The molecule has 0 spiro atoms. The number of carbonyl (C=O) groups is 2. The number of hydrogen-bond donors (Lipinski definition) is 2. The number of methoxy groups -OCH3 is 1. The summed E-state index contributed by atoms with van der Waals surface area (Å²) in [7, 11) is 1.51. The maximum Gasteiger partial charge on any atom is 0.256 e. The van der Waals surface area contributed by atoms with Crippen LogP contribution in [0.5, 0.6) is 5.75 Å². The zero-order valence-corrected chi connectivity index (χ0v) is 15.4. The Kier molecular flexibility index (Phi) is 5.84. The number of hydrogen-bond acceptors (Lipinski definition) is 3. The fourth-order valence-corrected chi connectivity index (χ4v) is 2.70. The van der Waals surface area contributed by atoms with E-state index >= 15 is 0 Å². The lowest BCUT2D eigenvalue weighted by Crippen LogP contribution is -2.15. The van der Waals surface area contributed by atoms with E-state index in [0.29, 0.717) is 27.7 Å². The van der Waals surface area contributed by atoms with Gasteiger partial charge in [-0.1, -0.05) is 11.6 Å². The molecular weight excluding hydrogens is 431 g/mol. The summed E-state index contributed by atoms with van der Waals surface area (Å²) in [5.74, 6) is -0.0171. The Balaban J connectivity index is 2.32. The van der Waals surface area contributed by atoms with Gasteiger partial charge in [-0.15, -0.1) is 0 Å². The van der Waals surface area contributed by atoms with Crippen molar-refractivity contribution >= 4 is 57.4 Å². The van der Waals surface area contributed by atoms with Crippen molar-refractivity contribution in [1.29, 1.82) is 0 Å². The van der Waals surface area contributed by atoms with Crippen molar-refractivity contribution in [3.05, 3.63) is 50.6 Å². The summed E-state index contributed by atoms with van der Waals surface area (Å²) in [6.07, 6.45) is 0. The Morgan fingerprint density at radius 2 is 1.87 bits per heavy atom. The maximum absolute atomic E-state index is 12.5. The Morgan fingerprint density at radius 1 is 1.13 bits per heavy atom. The predicted octanol–water partition coefficient (Wildman–Crippen LogP) is 4.16. The molecule has 7 heteroatoms. The fourth-order valence-electron chi connectivity index (χ4n) is 1.95. The van der Waals surface area contributed by atoms with Gasteiger partial charge in [0.25, 0.3) is 5.91 Å². The molecule has 0 unspecified atom stereocenters. The smallest absolute Gasteiger partial charge is 0.256 e. The molecule has 0 aliphatic heterocycles. The van der Waals surface area contributed by atoms with E-state index in [4.69, 9.17) is 16.3 Å². The third-order valence-electron chi connectivity index (χ3n) is 2.94. The second-order valence-electron chi connectivity index (χ2n) is 4.67. The van der Waals surface area contributed by atoms with Gasteiger partial charge in [0.05, 0.1) is 18.4 Å². The SMILES string of the molecule is COc1ccc(NC(C)=O)cc1NC(=O)c1cc(Cl)ccc1I. The molecule has 0 saturated carbocycles. The first-order valence-corrected chi connectivity index (χ1v) is 8.08. The van der Waals surface area contributed by atoms with Crippen LogP contribution < -0.4 is 15.4 Å². The van der Waals surface area contributed by atoms with E-state index in [9.17, 15) is 9.59 Å². The molecule has 0 aromatic heterocycles. The highest BCUT2D eigenvalue weighted by atomic mass is 127. The van der Waals surface area contributed by atoms with Crippen LogP contribution in [-0.2, 0) is 4.79 Å². The van der Waals surface area contributed by atoms with Crippen molar-refractivity contribution < 1.29 is 14.3 Å². The molecular formula is C16H14ClIN2O3. The summed E-state index contributed by atoms with van der Waals surface area (Å²) in [6.45, 7) is 1.41. The molecule has 2 amide bonds. The number of anilines is 2. The van der Waals surface area contributed by atoms with Crippen molar-refractivity contribution in [1.82, 2.24) is 0 Å². The van der Waals surface area contributed by atoms with Crippen LogP contribution in [0.1, 0.15) is 17.3 Å². The van der Waals surface area contributed by atoms with Crippen LogP contribution in [0, 0.1) is 3.57 Å². The zero-order chi connectivity index (χ0) is 17.0. The first-order valence-electron chi connectivity index (χ1n) is 6.62. The van der Waals surface area contributed by atoms with Gasteiger partial charge in [0, 0.05) is 21.2 Å². The van der Waals surface area contributed by atoms with Crippen molar-refractivity contribution in [2.24, 2.45) is 0 Å². The third-order valence-corrected chi connectivity index (χ3v) is 4.12. The zero-order valence-electron chi connectivity index (χ0n) is 12.4. The average Bonchev–Trinajstić information content (AvgIpc) is 2.49. The third kappa shape index (κ3) is 4.59. The van der Waals surface area contributed by atoms with E-state index in [1.165, 1.54) is 14.0 Å². The van der Waals surface area contributed by atoms with E-state index in [1.807, 2.05) is 0 Å². The maximum atomic E-state index is 12.5. The Labute approximate surface area is 152 Å². The molecule has 0 radical (unpaired) electrons. The van der Waals surface area contributed by atoms with Gasteiger partial charge in [0.2, 0.25) is 5.91 Å². The minimum Gasteiger partial charge on any atom is -0.495 e. The van der Waals surface area contributed by atoms with Crippen molar-refractivity contribution in [2.75, 3.05) is 17.7 Å². The number of halogens is 2. The normalized spacial score (nSPS) is 10.1. The van der Waals surface area contributed by atoms with Crippen LogP contribution in [0.4, 0.5) is 11.4 Å². The molecule has 0 atom stereocenters. The highest BCUT2D eigenvalue weighted by molar-refractivity contribution is 14.1. The molecule has 0 aliphatic rings. The summed E-state index contributed by atoms with van der Waals surface area (Å²) in [6, 6.07) is 10.1. The molecule has 0 aliphatic carbocycles. The molecule has 2 N–H and O–H groups in total. The monoisotopic (exact) mass is 444 g/mol. The van der Waals surface area contributed by atoms with Crippen LogP contribution in [0.3, 0.4) is 0 Å². The van der Waals surface area contributed by atoms with Crippen molar-refractivity contribution in [3.8, 4) is 5.75 Å². The van der Waals surface area contributed by atoms with Crippen LogP contribution in [0.25, 0.3) is 0 Å². The highest BCUT2D eigenvalue weighted by Crippen LogP contribution is 2.29. The highest BCUT2D eigenvalue weighted by Gasteiger charge is 2.14. The Hall–Kier alpha value is -1.80. The summed E-state index contributed by atoms with van der Waals surface area (Å²) in [5, 5.41) is 5.92. The fraction of sp³-hybridized carbons (Fsp3) is 0.125. The first-order chi connectivity index (χ1) is 10.9. The minimum absolute atomic E-state index is 0.197. The lowest BCUT2D eigenvalue weighted by Gasteiger charge is -2.13. The van der Waals surface area contributed by atoms with E-state index in [0.717, 1.165) is 3.57 Å².